The van der Waals surface area contributed by atoms with Crippen molar-refractivity contribution in [2.45, 2.75) is 39.0 Å². The van der Waals surface area contributed by atoms with Gasteiger partial charge in [0.15, 0.2) is 0 Å². The van der Waals surface area contributed by atoms with E-state index in [0.29, 0.717) is 0 Å². The quantitative estimate of drug-likeness (QED) is 0.520. The summed E-state index contributed by atoms with van der Waals surface area (Å²) in [6.07, 6.45) is -1.69. The zero-order valence-corrected chi connectivity index (χ0v) is 9.47. The number of likely N-dealkylation sites (tertiary alicyclic amines) is 1. The maximum absolute atomic E-state index is 11.9. The van der Waals surface area contributed by atoms with Crippen molar-refractivity contribution in [2.24, 2.45) is 11.1 Å². The van der Waals surface area contributed by atoms with Gasteiger partial charge in [0, 0.05) is 13.1 Å². The molecule has 3 atom stereocenters. The molecule has 1 heterocycles. The molecule has 4 N–H and O–H groups in total. The van der Waals surface area contributed by atoms with Gasteiger partial charge in [0.05, 0.1) is 18.2 Å². The van der Waals surface area contributed by atoms with Gasteiger partial charge in [-0.3, -0.25) is 4.79 Å². The molecule has 1 saturated heterocycles. The van der Waals surface area contributed by atoms with Crippen molar-refractivity contribution in [1.82, 2.24) is 4.90 Å². The largest absolute Gasteiger partial charge is 0.388 e. The van der Waals surface area contributed by atoms with Crippen LogP contribution < -0.4 is 5.73 Å². The molecule has 15 heavy (non-hydrogen) atoms. The first-order valence-electron chi connectivity index (χ1n) is 5.14. The minimum absolute atomic E-state index is 0.170. The molecule has 5 nitrogen and oxygen atoms in total. The molecule has 1 aliphatic heterocycles. The second-order valence-corrected chi connectivity index (χ2v) is 5.22. The summed E-state index contributed by atoms with van der Waals surface area (Å²) >= 11 is 0. The van der Waals surface area contributed by atoms with E-state index in [9.17, 15) is 15.0 Å². The van der Waals surface area contributed by atoms with Crippen molar-refractivity contribution in [1.29, 1.82) is 0 Å². The molecule has 5 heteroatoms. The van der Waals surface area contributed by atoms with Gasteiger partial charge in [0.1, 0.15) is 0 Å². The van der Waals surface area contributed by atoms with Crippen LogP contribution >= 0.6 is 0 Å². The molecular weight excluding hydrogens is 196 g/mol. The maximum atomic E-state index is 11.9. The van der Waals surface area contributed by atoms with E-state index in [1.165, 1.54) is 4.90 Å². The molecule has 1 amide bonds. The Labute approximate surface area is 89.9 Å². The van der Waals surface area contributed by atoms with E-state index in [0.717, 1.165) is 0 Å². The van der Waals surface area contributed by atoms with Gasteiger partial charge in [-0.2, -0.15) is 0 Å². The summed E-state index contributed by atoms with van der Waals surface area (Å²) in [7, 11) is 0. The molecule has 1 aliphatic rings. The maximum Gasteiger partial charge on any atom is 0.240 e. The van der Waals surface area contributed by atoms with Crippen molar-refractivity contribution < 1.29 is 15.0 Å². The zero-order valence-electron chi connectivity index (χ0n) is 9.47. The molecule has 0 aromatic carbocycles. The van der Waals surface area contributed by atoms with Crippen LogP contribution in [0.3, 0.4) is 0 Å². The summed E-state index contributed by atoms with van der Waals surface area (Å²) in [5.74, 6) is -0.210. The van der Waals surface area contributed by atoms with Crippen LogP contribution in [0, 0.1) is 5.41 Å². The Bertz CT molecular complexity index is 240. The first-order chi connectivity index (χ1) is 6.73. The van der Waals surface area contributed by atoms with E-state index in [2.05, 4.69) is 0 Å². The molecule has 1 fully saturated rings. The number of aliphatic hydroxyl groups excluding tert-OH is 2. The van der Waals surface area contributed by atoms with Gasteiger partial charge >= 0.3 is 0 Å². The first-order valence-corrected chi connectivity index (χ1v) is 5.14. The Morgan fingerprint density at radius 2 is 1.73 bits per heavy atom. The highest BCUT2D eigenvalue weighted by atomic mass is 16.3. The molecule has 1 rings (SSSR count). The van der Waals surface area contributed by atoms with Gasteiger partial charge in [-0.1, -0.05) is 20.8 Å². The lowest BCUT2D eigenvalue weighted by Gasteiger charge is -2.29. The number of hydrogen-bond acceptors (Lipinski definition) is 4. The van der Waals surface area contributed by atoms with E-state index in [1.54, 1.807) is 0 Å². The molecule has 0 aliphatic carbocycles. The molecular formula is C10H20N2O3. The average Bonchev–Trinajstić information content (AvgIpc) is 2.43. The van der Waals surface area contributed by atoms with Crippen molar-refractivity contribution in [3.8, 4) is 0 Å². The second kappa shape index (κ2) is 4.08. The van der Waals surface area contributed by atoms with Crippen LogP contribution in [0.5, 0.6) is 0 Å². The zero-order chi connectivity index (χ0) is 11.8. The third-order valence-corrected chi connectivity index (χ3v) is 2.77. The molecule has 1 unspecified atom stereocenters. The Hall–Kier alpha value is -0.650. The SMILES string of the molecule is CC(C)(C)C(N)C(=O)N1C[C@@H](O)[C@@H](O)C1. The van der Waals surface area contributed by atoms with E-state index in [4.69, 9.17) is 5.73 Å². The van der Waals surface area contributed by atoms with Gasteiger partial charge in [-0.05, 0) is 5.41 Å². The van der Waals surface area contributed by atoms with Crippen LogP contribution in [0.15, 0.2) is 0 Å². The van der Waals surface area contributed by atoms with Crippen LogP contribution in [-0.4, -0.2) is 52.4 Å². The third-order valence-electron chi connectivity index (χ3n) is 2.77. The summed E-state index contributed by atoms with van der Waals surface area (Å²) in [6, 6.07) is -0.602. The number of nitrogens with zero attached hydrogens (tertiary/aromatic N) is 1. The van der Waals surface area contributed by atoms with Crippen LogP contribution in [0.2, 0.25) is 0 Å². The lowest BCUT2D eigenvalue weighted by atomic mass is 9.86. The summed E-state index contributed by atoms with van der Waals surface area (Å²) in [5.41, 5.74) is 5.50. The van der Waals surface area contributed by atoms with E-state index < -0.39 is 18.2 Å². The standard InChI is InChI=1S/C10H20N2O3/c1-10(2,3)8(11)9(15)12-4-6(13)7(14)5-12/h6-8,13-14H,4-5,11H2,1-3H3/t6-,7+,8?. The van der Waals surface area contributed by atoms with Crippen LogP contribution in [-0.2, 0) is 4.79 Å². The first kappa shape index (κ1) is 12.4. The van der Waals surface area contributed by atoms with Gasteiger partial charge in [-0.15, -0.1) is 0 Å². The molecule has 88 valence electrons. The van der Waals surface area contributed by atoms with Gasteiger partial charge in [-0.25, -0.2) is 0 Å². The number of carbonyl (C=O) groups excluding carboxylic acids is 1. The van der Waals surface area contributed by atoms with E-state index in [-0.39, 0.29) is 24.4 Å². The number of hydrogen-bond donors (Lipinski definition) is 3. The average molecular weight is 216 g/mol. The van der Waals surface area contributed by atoms with E-state index >= 15 is 0 Å². The van der Waals surface area contributed by atoms with Crippen LogP contribution in [0.25, 0.3) is 0 Å². The number of carbonyl (C=O) groups is 1. The van der Waals surface area contributed by atoms with Gasteiger partial charge in [0.25, 0.3) is 0 Å². The molecule has 0 aromatic rings. The van der Waals surface area contributed by atoms with Crippen molar-refractivity contribution >= 4 is 5.91 Å². The Morgan fingerprint density at radius 1 is 1.33 bits per heavy atom. The number of nitrogens with two attached hydrogens (primary N) is 1. The monoisotopic (exact) mass is 216 g/mol. The van der Waals surface area contributed by atoms with Crippen molar-refractivity contribution in [2.75, 3.05) is 13.1 Å². The number of amides is 1. The fourth-order valence-corrected chi connectivity index (χ4v) is 1.52. The lowest BCUT2D eigenvalue weighted by Crippen LogP contribution is -2.50. The van der Waals surface area contributed by atoms with Gasteiger partial charge in [0.2, 0.25) is 5.91 Å². The second-order valence-electron chi connectivity index (χ2n) is 5.22. The minimum Gasteiger partial charge on any atom is -0.388 e. The van der Waals surface area contributed by atoms with E-state index in [1.807, 2.05) is 20.8 Å². The summed E-state index contributed by atoms with van der Waals surface area (Å²) in [5, 5.41) is 18.6. The highest BCUT2D eigenvalue weighted by Crippen LogP contribution is 2.21. The third kappa shape index (κ3) is 2.68. The van der Waals surface area contributed by atoms with Crippen LogP contribution in [0.1, 0.15) is 20.8 Å². The lowest BCUT2D eigenvalue weighted by molar-refractivity contribution is -0.134. The molecule has 0 aromatic heterocycles. The highest BCUT2D eigenvalue weighted by molar-refractivity contribution is 5.82. The Kier molecular flexibility index (Phi) is 3.38. The Morgan fingerprint density at radius 3 is 2.07 bits per heavy atom. The van der Waals surface area contributed by atoms with Crippen molar-refractivity contribution in [3.05, 3.63) is 0 Å². The van der Waals surface area contributed by atoms with Crippen LogP contribution in [0.4, 0.5) is 0 Å². The predicted octanol–water partition coefficient (Wildman–Crippen LogP) is -1.08. The topological polar surface area (TPSA) is 86.8 Å². The molecule has 0 saturated carbocycles. The summed E-state index contributed by atoms with van der Waals surface area (Å²) in [4.78, 5) is 13.3. The summed E-state index contributed by atoms with van der Waals surface area (Å²) < 4.78 is 0. The molecule has 0 radical (unpaired) electrons. The smallest absolute Gasteiger partial charge is 0.240 e. The number of aliphatic hydroxyl groups is 2. The summed E-state index contributed by atoms with van der Waals surface area (Å²) in [6.45, 7) is 6.00. The Balaban J connectivity index is 2.63. The molecule has 0 bridgehead atoms. The fourth-order valence-electron chi connectivity index (χ4n) is 1.52. The number of rotatable bonds is 1. The predicted molar refractivity (Wildman–Crippen MR) is 56.0 cm³/mol. The van der Waals surface area contributed by atoms with Gasteiger partial charge < -0.3 is 20.8 Å². The normalized spacial score (nSPS) is 29.3. The highest BCUT2D eigenvalue weighted by Gasteiger charge is 2.37. The number of β-amino-alcohol motifs (C(OH)–C–C–N with tert-alkyl or cyclic N) is 2. The minimum atomic E-state index is -0.846. The molecule has 0 spiro atoms. The fraction of sp³-hybridized carbons (Fsp3) is 0.900. The van der Waals surface area contributed by atoms with Crippen molar-refractivity contribution in [3.63, 3.8) is 0 Å².